The van der Waals surface area contributed by atoms with Crippen molar-refractivity contribution >= 4 is 22.6 Å². The van der Waals surface area contributed by atoms with Crippen LogP contribution in [0.25, 0.3) is 0 Å². The van der Waals surface area contributed by atoms with Gasteiger partial charge in [0.1, 0.15) is 5.60 Å². The second-order valence-corrected chi connectivity index (χ2v) is 3.53. The van der Waals surface area contributed by atoms with Gasteiger partial charge in [-0.25, -0.2) is 0 Å². The van der Waals surface area contributed by atoms with Crippen LogP contribution in [0.15, 0.2) is 0 Å². The maximum atomic E-state index is 5.56. The van der Waals surface area contributed by atoms with Crippen LogP contribution in [-0.4, -0.2) is 29.3 Å². The van der Waals surface area contributed by atoms with Gasteiger partial charge in [-0.05, 0) is 0 Å². The fourth-order valence-electron chi connectivity index (χ4n) is 1.41. The summed E-state index contributed by atoms with van der Waals surface area (Å²) < 4.78 is 12.0. The smallest absolute Gasteiger partial charge is 0.103 e. The molecule has 3 heteroatoms. The predicted molar refractivity (Wildman–Crippen MR) is 41.9 cm³/mol. The van der Waals surface area contributed by atoms with Crippen molar-refractivity contribution in [2.45, 2.75) is 18.1 Å². The van der Waals surface area contributed by atoms with E-state index in [9.17, 15) is 0 Å². The molecule has 0 aromatic rings. The Bertz CT molecular complexity index is 118. The first-order valence-electron chi connectivity index (χ1n) is 3.16. The molecule has 0 saturated carbocycles. The molecule has 2 rings (SSSR count). The van der Waals surface area contributed by atoms with Crippen LogP contribution in [0.1, 0.15) is 6.42 Å². The molecule has 2 atom stereocenters. The summed E-state index contributed by atoms with van der Waals surface area (Å²) in [4.78, 5) is 0. The van der Waals surface area contributed by atoms with Crippen molar-refractivity contribution in [1.82, 2.24) is 0 Å². The van der Waals surface area contributed by atoms with E-state index in [-0.39, 0.29) is 5.60 Å². The summed E-state index contributed by atoms with van der Waals surface area (Å²) in [5.74, 6) is 0. The maximum Gasteiger partial charge on any atom is 0.103 e. The van der Waals surface area contributed by atoms with Crippen LogP contribution in [-0.2, 0) is 9.47 Å². The summed E-state index contributed by atoms with van der Waals surface area (Å²) in [7, 11) is 0. The Morgan fingerprint density at radius 2 is 2.56 bits per heavy atom. The normalized spacial score (nSPS) is 48.3. The predicted octanol–water partition coefficient (Wildman–Crippen LogP) is 0.979. The summed E-state index contributed by atoms with van der Waals surface area (Å²) >= 11 is 2.36. The molecule has 0 spiro atoms. The molecular weight excluding hydrogens is 231 g/mol. The van der Waals surface area contributed by atoms with Crippen LogP contribution in [0, 0.1) is 0 Å². The molecule has 0 aromatic heterocycles. The van der Waals surface area contributed by atoms with Crippen molar-refractivity contribution in [1.29, 1.82) is 0 Å². The van der Waals surface area contributed by atoms with Gasteiger partial charge >= 0.3 is 0 Å². The van der Waals surface area contributed by atoms with Crippen molar-refractivity contribution in [2.24, 2.45) is 0 Å². The first-order chi connectivity index (χ1) is 4.35. The monoisotopic (exact) mass is 240 g/mol. The third kappa shape index (κ3) is 0.897. The Hall–Kier alpha value is 0.650. The first-order valence-corrected chi connectivity index (χ1v) is 4.69. The van der Waals surface area contributed by atoms with Gasteiger partial charge < -0.3 is 9.47 Å². The number of hydrogen-bond donors (Lipinski definition) is 0. The Morgan fingerprint density at radius 1 is 1.67 bits per heavy atom. The average molecular weight is 240 g/mol. The molecule has 0 aliphatic carbocycles. The van der Waals surface area contributed by atoms with E-state index in [4.69, 9.17) is 9.47 Å². The SMILES string of the molecule is ICC12COC(CO1)C2. The number of halogens is 1. The van der Waals surface area contributed by atoms with Crippen LogP contribution in [0.4, 0.5) is 0 Å². The van der Waals surface area contributed by atoms with E-state index in [1.807, 2.05) is 0 Å². The molecule has 2 heterocycles. The fourth-order valence-corrected chi connectivity index (χ4v) is 2.16. The highest BCUT2D eigenvalue weighted by Gasteiger charge is 2.46. The summed E-state index contributed by atoms with van der Waals surface area (Å²) in [5.41, 5.74) is 0.116. The summed E-state index contributed by atoms with van der Waals surface area (Å²) in [6.07, 6.45) is 1.54. The second kappa shape index (κ2) is 2.07. The van der Waals surface area contributed by atoms with Crippen LogP contribution < -0.4 is 0 Å². The van der Waals surface area contributed by atoms with E-state index in [2.05, 4.69) is 22.6 Å². The van der Waals surface area contributed by atoms with E-state index < -0.39 is 0 Å². The minimum atomic E-state index is 0.116. The van der Waals surface area contributed by atoms with E-state index in [1.54, 1.807) is 0 Å². The van der Waals surface area contributed by atoms with Crippen LogP contribution in [0.3, 0.4) is 0 Å². The molecule has 0 amide bonds. The molecular formula is C6H9IO2. The minimum Gasteiger partial charge on any atom is -0.373 e. The molecule has 0 N–H and O–H groups in total. The molecule has 2 fully saturated rings. The highest BCUT2D eigenvalue weighted by molar-refractivity contribution is 14.1. The molecule has 0 aromatic carbocycles. The number of alkyl halides is 1. The zero-order valence-electron chi connectivity index (χ0n) is 5.10. The Kier molecular flexibility index (Phi) is 1.46. The van der Waals surface area contributed by atoms with E-state index in [0.717, 1.165) is 24.1 Å². The van der Waals surface area contributed by atoms with Gasteiger partial charge in [0.25, 0.3) is 0 Å². The van der Waals surface area contributed by atoms with E-state index in [0.29, 0.717) is 6.10 Å². The average Bonchev–Trinajstić information content (AvgIpc) is 2.46. The molecule has 9 heavy (non-hydrogen) atoms. The Labute approximate surface area is 68.0 Å². The zero-order chi connectivity index (χ0) is 6.32. The molecule has 52 valence electrons. The van der Waals surface area contributed by atoms with Gasteiger partial charge in [0, 0.05) is 10.8 Å². The van der Waals surface area contributed by atoms with E-state index >= 15 is 0 Å². The topological polar surface area (TPSA) is 18.5 Å². The van der Waals surface area contributed by atoms with Crippen LogP contribution in [0.5, 0.6) is 0 Å². The molecule has 0 radical (unpaired) electrons. The quantitative estimate of drug-likeness (QED) is 0.502. The second-order valence-electron chi connectivity index (χ2n) is 2.76. The van der Waals surface area contributed by atoms with Crippen molar-refractivity contribution in [3.05, 3.63) is 0 Å². The number of ether oxygens (including phenoxy) is 2. The van der Waals surface area contributed by atoms with E-state index in [1.165, 1.54) is 0 Å². The van der Waals surface area contributed by atoms with Gasteiger partial charge in [-0.3, -0.25) is 0 Å². The third-order valence-corrected chi connectivity index (χ3v) is 3.39. The van der Waals surface area contributed by atoms with Crippen LogP contribution >= 0.6 is 22.6 Å². The molecule has 2 aliphatic rings. The van der Waals surface area contributed by atoms with Gasteiger partial charge in [0.15, 0.2) is 0 Å². The number of fused-ring (bicyclic) bond motifs is 2. The largest absolute Gasteiger partial charge is 0.373 e. The summed E-state index contributed by atoms with van der Waals surface area (Å²) in [6, 6.07) is 0. The van der Waals surface area contributed by atoms with Crippen molar-refractivity contribution in [2.75, 3.05) is 17.6 Å². The first kappa shape index (κ1) is 6.37. The van der Waals surface area contributed by atoms with Gasteiger partial charge in [0.2, 0.25) is 0 Å². The molecule has 2 nitrogen and oxygen atoms in total. The summed E-state index contributed by atoms with van der Waals surface area (Å²) in [5, 5.41) is 0. The Morgan fingerprint density at radius 3 is 2.78 bits per heavy atom. The third-order valence-electron chi connectivity index (χ3n) is 2.00. The fraction of sp³-hybridized carbons (Fsp3) is 1.00. The lowest BCUT2D eigenvalue weighted by Crippen LogP contribution is -2.33. The standard InChI is InChI=1S/C6H9IO2/c7-3-6-1-5(2-9-6)8-4-6/h5H,1-4H2. The molecule has 2 saturated heterocycles. The highest BCUT2D eigenvalue weighted by atomic mass is 127. The summed E-state index contributed by atoms with van der Waals surface area (Å²) in [6.45, 7) is 1.64. The zero-order valence-corrected chi connectivity index (χ0v) is 7.26. The van der Waals surface area contributed by atoms with Gasteiger partial charge in [-0.2, -0.15) is 0 Å². The van der Waals surface area contributed by atoms with Gasteiger partial charge in [-0.1, -0.05) is 22.6 Å². The molecule has 2 unspecified atom stereocenters. The van der Waals surface area contributed by atoms with Crippen molar-refractivity contribution in [3.63, 3.8) is 0 Å². The van der Waals surface area contributed by atoms with Gasteiger partial charge in [-0.15, -0.1) is 0 Å². The highest BCUT2D eigenvalue weighted by Crippen LogP contribution is 2.36. The lowest BCUT2D eigenvalue weighted by atomic mass is 10.1. The maximum absolute atomic E-state index is 5.56. The number of rotatable bonds is 1. The lowest BCUT2D eigenvalue weighted by Gasteiger charge is -2.22. The number of hydrogen-bond acceptors (Lipinski definition) is 2. The molecule has 2 bridgehead atoms. The lowest BCUT2D eigenvalue weighted by molar-refractivity contribution is -0.0813. The van der Waals surface area contributed by atoms with Crippen LogP contribution in [0.2, 0.25) is 0 Å². The molecule has 2 aliphatic heterocycles. The minimum absolute atomic E-state index is 0.116. The van der Waals surface area contributed by atoms with Crippen molar-refractivity contribution < 1.29 is 9.47 Å². The Balaban J connectivity index is 2.13. The van der Waals surface area contributed by atoms with Crippen molar-refractivity contribution in [3.8, 4) is 0 Å². The van der Waals surface area contributed by atoms with Gasteiger partial charge in [0.05, 0.1) is 19.3 Å².